The Morgan fingerprint density at radius 3 is 2.76 bits per heavy atom. The number of benzene rings is 1. The Morgan fingerprint density at radius 2 is 2.10 bits per heavy atom. The van der Waals surface area contributed by atoms with E-state index in [2.05, 4.69) is 25.5 Å². The zero-order chi connectivity index (χ0) is 15.7. The first-order valence-electron chi connectivity index (χ1n) is 5.79. The number of carbonyl (C=O) groups is 2. The van der Waals surface area contributed by atoms with Gasteiger partial charge >= 0.3 is 0 Å². The molecule has 2 amide bonds. The fraction of sp³-hybridized carbons (Fsp3) is 0.273. The monoisotopic (exact) mass is 296 g/mol. The predicted octanol–water partition coefficient (Wildman–Crippen LogP) is 0.504. The molecule has 1 aromatic rings. The highest BCUT2D eigenvalue weighted by molar-refractivity contribution is 5.95. The van der Waals surface area contributed by atoms with Gasteiger partial charge < -0.3 is 10.6 Å². The summed E-state index contributed by atoms with van der Waals surface area (Å²) in [6.45, 7) is 0.0587. The Hall–Kier alpha value is -2.68. The van der Waals surface area contributed by atoms with Crippen LogP contribution in [-0.2, 0) is 9.63 Å². The van der Waals surface area contributed by atoms with Gasteiger partial charge in [-0.25, -0.2) is 10.3 Å². The molecule has 0 aliphatic heterocycles. The molecular formula is C11H13FN6O3. The first-order valence-corrected chi connectivity index (χ1v) is 5.79. The third-order valence-electron chi connectivity index (χ3n) is 2.31. The third kappa shape index (κ3) is 5.45. The molecule has 1 aromatic carbocycles. The molecular weight excluding hydrogens is 283 g/mol. The second-order valence-electron chi connectivity index (χ2n) is 3.77. The van der Waals surface area contributed by atoms with Crippen molar-refractivity contribution in [2.45, 2.75) is 0 Å². The van der Waals surface area contributed by atoms with Crippen molar-refractivity contribution in [3.05, 3.63) is 40.0 Å². The molecule has 10 heteroatoms. The lowest BCUT2D eigenvalue weighted by Gasteiger charge is -2.07. The van der Waals surface area contributed by atoms with Crippen molar-refractivity contribution in [1.82, 2.24) is 10.6 Å². The van der Waals surface area contributed by atoms with E-state index >= 15 is 0 Å². The van der Waals surface area contributed by atoms with E-state index in [1.165, 1.54) is 6.07 Å². The highest BCUT2D eigenvalue weighted by atomic mass is 19.1. The van der Waals surface area contributed by atoms with Crippen LogP contribution in [0.2, 0.25) is 0 Å². The van der Waals surface area contributed by atoms with Gasteiger partial charge in [0.2, 0.25) is 5.91 Å². The number of halogens is 1. The Kier molecular flexibility index (Phi) is 6.61. The normalized spacial score (nSPS) is 9.62. The van der Waals surface area contributed by atoms with Crippen molar-refractivity contribution in [3.63, 3.8) is 0 Å². The van der Waals surface area contributed by atoms with Gasteiger partial charge in [-0.2, -0.15) is 0 Å². The molecule has 21 heavy (non-hydrogen) atoms. The quantitative estimate of drug-likeness (QED) is 0.221. The largest absolute Gasteiger partial charge is 0.352 e. The summed E-state index contributed by atoms with van der Waals surface area (Å²) < 4.78 is 13.2. The lowest BCUT2D eigenvalue weighted by atomic mass is 10.2. The molecule has 112 valence electrons. The summed E-state index contributed by atoms with van der Waals surface area (Å²) in [6, 6.07) is 3.41. The molecule has 0 heterocycles. The molecule has 0 unspecified atom stereocenters. The van der Waals surface area contributed by atoms with E-state index < -0.39 is 17.6 Å². The van der Waals surface area contributed by atoms with Crippen LogP contribution in [0.15, 0.2) is 23.3 Å². The fourth-order valence-electron chi connectivity index (χ4n) is 1.39. The van der Waals surface area contributed by atoms with Gasteiger partial charge in [-0.15, -0.1) is 0 Å². The Morgan fingerprint density at radius 1 is 1.38 bits per heavy atom. The van der Waals surface area contributed by atoms with Crippen LogP contribution in [-0.4, -0.2) is 31.5 Å². The average molecular weight is 296 g/mol. The minimum absolute atomic E-state index is 0.135. The molecule has 0 aliphatic carbocycles. The second kappa shape index (κ2) is 8.48. The van der Waals surface area contributed by atoms with Crippen LogP contribution in [0.3, 0.4) is 0 Å². The van der Waals surface area contributed by atoms with E-state index in [1.807, 2.05) is 0 Å². The maximum atomic E-state index is 13.2. The number of nitrogens with two attached hydrogens (primary N) is 1. The van der Waals surface area contributed by atoms with Gasteiger partial charge in [0.15, 0.2) is 0 Å². The Labute approximate surface area is 118 Å². The number of carbonyl (C=O) groups excluding carboxylic acids is 2. The van der Waals surface area contributed by atoms with E-state index in [4.69, 9.17) is 11.4 Å². The smallest absolute Gasteiger partial charge is 0.251 e. The molecule has 0 spiro atoms. The summed E-state index contributed by atoms with van der Waals surface area (Å²) in [7, 11) is 0. The Bertz CT molecular complexity index is 573. The maximum absolute atomic E-state index is 13.2. The lowest BCUT2D eigenvalue weighted by molar-refractivity contribution is -0.125. The molecule has 0 fully saturated rings. The molecule has 0 radical (unpaired) electrons. The zero-order valence-corrected chi connectivity index (χ0v) is 10.9. The van der Waals surface area contributed by atoms with Crippen LogP contribution in [0.25, 0.3) is 10.4 Å². The van der Waals surface area contributed by atoms with Gasteiger partial charge in [0.25, 0.3) is 5.91 Å². The van der Waals surface area contributed by atoms with Crippen LogP contribution < -0.4 is 16.5 Å². The van der Waals surface area contributed by atoms with Gasteiger partial charge in [-0.05, 0) is 23.7 Å². The molecule has 0 saturated heterocycles. The number of amides is 2. The van der Waals surface area contributed by atoms with E-state index in [1.54, 1.807) is 0 Å². The Balaban J connectivity index is 2.51. The minimum Gasteiger partial charge on any atom is -0.352 e. The number of hydrogen-bond donors (Lipinski definition) is 3. The standard InChI is InChI=1S/C11H13FN6O3/c12-8-2-1-7(5-9(8)17-18-13)11(20)16-4-3-15-10(19)6-21-14/h1-2,5H,3-4,6,14H2,(H,15,19)(H,16,20). The molecule has 0 bridgehead atoms. The molecule has 0 aliphatic rings. The molecule has 9 nitrogen and oxygen atoms in total. The second-order valence-corrected chi connectivity index (χ2v) is 3.77. The van der Waals surface area contributed by atoms with E-state index in [0.717, 1.165) is 12.1 Å². The summed E-state index contributed by atoms with van der Waals surface area (Å²) in [4.78, 5) is 29.3. The van der Waals surface area contributed by atoms with Crippen molar-refractivity contribution in [3.8, 4) is 0 Å². The van der Waals surface area contributed by atoms with Crippen molar-refractivity contribution in [2.75, 3.05) is 19.7 Å². The van der Waals surface area contributed by atoms with Crippen LogP contribution in [0.1, 0.15) is 10.4 Å². The predicted molar refractivity (Wildman–Crippen MR) is 70.7 cm³/mol. The van der Waals surface area contributed by atoms with E-state index in [-0.39, 0.29) is 30.9 Å². The van der Waals surface area contributed by atoms with Crippen molar-refractivity contribution >= 4 is 17.5 Å². The van der Waals surface area contributed by atoms with E-state index in [0.29, 0.717) is 0 Å². The van der Waals surface area contributed by atoms with Crippen LogP contribution >= 0.6 is 0 Å². The van der Waals surface area contributed by atoms with Gasteiger partial charge in [-0.3, -0.25) is 14.4 Å². The van der Waals surface area contributed by atoms with Crippen LogP contribution in [0, 0.1) is 5.82 Å². The highest BCUT2D eigenvalue weighted by Crippen LogP contribution is 2.19. The van der Waals surface area contributed by atoms with Gasteiger partial charge in [0, 0.05) is 23.6 Å². The maximum Gasteiger partial charge on any atom is 0.251 e. The van der Waals surface area contributed by atoms with Crippen LogP contribution in [0.4, 0.5) is 10.1 Å². The zero-order valence-electron chi connectivity index (χ0n) is 10.9. The number of nitrogens with zero attached hydrogens (tertiary/aromatic N) is 3. The van der Waals surface area contributed by atoms with Crippen molar-refractivity contribution in [1.29, 1.82) is 0 Å². The fourth-order valence-corrected chi connectivity index (χ4v) is 1.39. The first-order chi connectivity index (χ1) is 10.1. The third-order valence-corrected chi connectivity index (χ3v) is 2.31. The van der Waals surface area contributed by atoms with Gasteiger partial charge in [0.1, 0.15) is 12.4 Å². The highest BCUT2D eigenvalue weighted by Gasteiger charge is 2.08. The molecule has 4 N–H and O–H groups in total. The number of rotatable bonds is 7. The summed E-state index contributed by atoms with van der Waals surface area (Å²) in [5, 5.41) is 8.08. The minimum atomic E-state index is -0.724. The van der Waals surface area contributed by atoms with E-state index in [9.17, 15) is 14.0 Å². The molecule has 0 atom stereocenters. The average Bonchev–Trinajstić information content (AvgIpc) is 2.46. The first kappa shape index (κ1) is 16.4. The lowest BCUT2D eigenvalue weighted by Crippen LogP contribution is -2.36. The molecule has 1 rings (SSSR count). The SMILES string of the molecule is [N-]=[N+]=Nc1cc(C(=O)NCCNC(=O)CON)ccc1F. The number of hydrogen-bond acceptors (Lipinski definition) is 5. The molecule has 0 saturated carbocycles. The molecule has 0 aromatic heterocycles. The van der Waals surface area contributed by atoms with Crippen molar-refractivity contribution in [2.24, 2.45) is 11.0 Å². The van der Waals surface area contributed by atoms with Gasteiger partial charge in [0.05, 0.1) is 5.69 Å². The topological polar surface area (TPSA) is 142 Å². The number of azide groups is 1. The summed E-state index contributed by atoms with van der Waals surface area (Å²) >= 11 is 0. The summed E-state index contributed by atoms with van der Waals surface area (Å²) in [5.41, 5.74) is 8.14. The van der Waals surface area contributed by atoms with Gasteiger partial charge in [-0.1, -0.05) is 5.11 Å². The van der Waals surface area contributed by atoms with Crippen molar-refractivity contribution < 1.29 is 18.8 Å². The van der Waals surface area contributed by atoms with Crippen LogP contribution in [0.5, 0.6) is 0 Å². The summed E-state index contributed by atoms with van der Waals surface area (Å²) in [6.07, 6.45) is 0. The summed E-state index contributed by atoms with van der Waals surface area (Å²) in [5.74, 6) is 3.08. The number of nitrogens with one attached hydrogen (secondary N) is 2.